The number of carbonyl (C=O) groups is 1. The van der Waals surface area contributed by atoms with Gasteiger partial charge in [0.2, 0.25) is 5.91 Å². The van der Waals surface area contributed by atoms with Crippen molar-refractivity contribution in [2.45, 2.75) is 25.8 Å². The molecule has 2 N–H and O–H groups in total. The first-order valence-corrected chi connectivity index (χ1v) is 7.27. The average molecular weight is 301 g/mol. The Hall–Kier alpha value is -0.770. The fraction of sp³-hybridized carbons (Fsp3) is 0.500. The fourth-order valence-electron chi connectivity index (χ4n) is 2.38. The van der Waals surface area contributed by atoms with Gasteiger partial charge in [-0.1, -0.05) is 29.3 Å². The summed E-state index contributed by atoms with van der Waals surface area (Å²) in [7, 11) is 0. The molecule has 19 heavy (non-hydrogen) atoms. The maximum absolute atomic E-state index is 12.0. The van der Waals surface area contributed by atoms with E-state index in [1.54, 1.807) is 12.1 Å². The lowest BCUT2D eigenvalue weighted by Gasteiger charge is -2.17. The van der Waals surface area contributed by atoms with Gasteiger partial charge in [0.25, 0.3) is 0 Å². The molecule has 0 saturated carbocycles. The second kappa shape index (κ2) is 6.60. The molecular weight excluding hydrogens is 283 g/mol. The third-order valence-corrected chi connectivity index (χ3v) is 4.01. The van der Waals surface area contributed by atoms with Crippen LogP contribution in [-0.4, -0.2) is 19.0 Å². The van der Waals surface area contributed by atoms with Crippen molar-refractivity contribution in [3.05, 3.63) is 33.8 Å². The molecule has 2 unspecified atom stereocenters. The zero-order chi connectivity index (χ0) is 13.8. The standard InChI is InChI=1S/C14H18Cl2N2O/c1-9(12-3-2-11(15)7-13(12)16)18-14(19)6-10-4-5-17-8-10/h2-3,7,9-10,17H,4-6,8H2,1H3,(H,18,19). The number of nitrogens with one attached hydrogen (secondary N) is 2. The highest BCUT2D eigenvalue weighted by Crippen LogP contribution is 2.26. The first-order valence-electron chi connectivity index (χ1n) is 6.51. The predicted octanol–water partition coefficient (Wildman–Crippen LogP) is 3.17. The van der Waals surface area contributed by atoms with Gasteiger partial charge in [-0.05, 0) is 50.0 Å². The Balaban J connectivity index is 1.92. The number of benzene rings is 1. The molecule has 0 spiro atoms. The van der Waals surface area contributed by atoms with Gasteiger partial charge in [-0.3, -0.25) is 4.79 Å². The maximum atomic E-state index is 12.0. The molecule has 0 bridgehead atoms. The Morgan fingerprint density at radius 2 is 2.32 bits per heavy atom. The lowest BCUT2D eigenvalue weighted by molar-refractivity contribution is -0.122. The first kappa shape index (κ1) is 14.6. The molecule has 2 atom stereocenters. The number of hydrogen-bond donors (Lipinski definition) is 2. The SMILES string of the molecule is CC(NC(=O)CC1CCNC1)c1ccc(Cl)cc1Cl. The minimum Gasteiger partial charge on any atom is -0.350 e. The number of amides is 1. The van der Waals surface area contributed by atoms with Crippen molar-refractivity contribution >= 4 is 29.1 Å². The molecule has 0 radical (unpaired) electrons. The Morgan fingerprint density at radius 1 is 1.53 bits per heavy atom. The van der Waals surface area contributed by atoms with Crippen molar-refractivity contribution in [3.8, 4) is 0 Å². The predicted molar refractivity (Wildman–Crippen MR) is 78.6 cm³/mol. The van der Waals surface area contributed by atoms with Crippen molar-refractivity contribution in [1.29, 1.82) is 0 Å². The van der Waals surface area contributed by atoms with Crippen LogP contribution in [0.15, 0.2) is 18.2 Å². The van der Waals surface area contributed by atoms with E-state index in [2.05, 4.69) is 10.6 Å². The van der Waals surface area contributed by atoms with E-state index < -0.39 is 0 Å². The molecule has 1 heterocycles. The second-order valence-electron chi connectivity index (χ2n) is 5.02. The van der Waals surface area contributed by atoms with Gasteiger partial charge < -0.3 is 10.6 Å². The fourth-order valence-corrected chi connectivity index (χ4v) is 2.95. The van der Waals surface area contributed by atoms with Crippen molar-refractivity contribution in [2.24, 2.45) is 5.92 Å². The number of carbonyl (C=O) groups excluding carboxylic acids is 1. The molecule has 2 rings (SSSR count). The number of halogens is 2. The lowest BCUT2D eigenvalue weighted by Crippen LogP contribution is -2.29. The summed E-state index contributed by atoms with van der Waals surface area (Å²) < 4.78 is 0. The van der Waals surface area contributed by atoms with E-state index in [1.165, 1.54) is 0 Å². The second-order valence-corrected chi connectivity index (χ2v) is 5.86. The summed E-state index contributed by atoms with van der Waals surface area (Å²) in [5.41, 5.74) is 0.893. The van der Waals surface area contributed by atoms with Crippen LogP contribution in [0.25, 0.3) is 0 Å². The molecule has 1 saturated heterocycles. The van der Waals surface area contributed by atoms with Crippen molar-refractivity contribution in [2.75, 3.05) is 13.1 Å². The highest BCUT2D eigenvalue weighted by Gasteiger charge is 2.19. The molecule has 1 fully saturated rings. The van der Waals surface area contributed by atoms with E-state index >= 15 is 0 Å². The molecule has 0 aliphatic carbocycles. The topological polar surface area (TPSA) is 41.1 Å². The number of hydrogen-bond acceptors (Lipinski definition) is 2. The van der Waals surface area contributed by atoms with Crippen LogP contribution in [0.5, 0.6) is 0 Å². The summed E-state index contributed by atoms with van der Waals surface area (Å²) in [4.78, 5) is 12.0. The Kier molecular flexibility index (Phi) is 5.08. The first-order chi connectivity index (χ1) is 9.06. The van der Waals surface area contributed by atoms with Crippen LogP contribution in [0.3, 0.4) is 0 Å². The van der Waals surface area contributed by atoms with Crippen LogP contribution in [0, 0.1) is 5.92 Å². The van der Waals surface area contributed by atoms with E-state index in [0.29, 0.717) is 22.4 Å². The van der Waals surface area contributed by atoms with Gasteiger partial charge in [0.15, 0.2) is 0 Å². The third kappa shape index (κ3) is 4.10. The molecule has 1 aliphatic heterocycles. The Labute approximate surface area is 123 Å². The highest BCUT2D eigenvalue weighted by molar-refractivity contribution is 6.35. The Bertz CT molecular complexity index is 459. The van der Waals surface area contributed by atoms with E-state index in [4.69, 9.17) is 23.2 Å². The highest BCUT2D eigenvalue weighted by atomic mass is 35.5. The van der Waals surface area contributed by atoms with Crippen LogP contribution in [0.1, 0.15) is 31.4 Å². The molecule has 1 aromatic rings. The largest absolute Gasteiger partial charge is 0.350 e. The van der Waals surface area contributed by atoms with Gasteiger partial charge in [-0.25, -0.2) is 0 Å². The third-order valence-electron chi connectivity index (χ3n) is 3.44. The van der Waals surface area contributed by atoms with Crippen LogP contribution >= 0.6 is 23.2 Å². The smallest absolute Gasteiger partial charge is 0.220 e. The van der Waals surface area contributed by atoms with E-state index in [9.17, 15) is 4.79 Å². The zero-order valence-electron chi connectivity index (χ0n) is 10.9. The molecule has 104 valence electrons. The van der Waals surface area contributed by atoms with E-state index in [1.807, 2.05) is 13.0 Å². The van der Waals surface area contributed by atoms with E-state index in [0.717, 1.165) is 25.1 Å². The number of rotatable bonds is 4. The summed E-state index contributed by atoms with van der Waals surface area (Å²) in [6, 6.07) is 5.23. The summed E-state index contributed by atoms with van der Waals surface area (Å²) in [5, 5.41) is 7.44. The van der Waals surface area contributed by atoms with Gasteiger partial charge in [-0.15, -0.1) is 0 Å². The summed E-state index contributed by atoms with van der Waals surface area (Å²) in [5.74, 6) is 0.528. The van der Waals surface area contributed by atoms with Crippen molar-refractivity contribution in [1.82, 2.24) is 10.6 Å². The lowest BCUT2D eigenvalue weighted by atomic mass is 10.0. The Morgan fingerprint density at radius 3 is 2.95 bits per heavy atom. The average Bonchev–Trinajstić information content (AvgIpc) is 2.81. The van der Waals surface area contributed by atoms with Gasteiger partial charge in [0, 0.05) is 16.5 Å². The monoisotopic (exact) mass is 300 g/mol. The zero-order valence-corrected chi connectivity index (χ0v) is 12.4. The summed E-state index contributed by atoms with van der Waals surface area (Å²) in [6.07, 6.45) is 1.64. The van der Waals surface area contributed by atoms with Crippen LogP contribution in [0.2, 0.25) is 10.0 Å². The summed E-state index contributed by atoms with van der Waals surface area (Å²) >= 11 is 12.0. The van der Waals surface area contributed by atoms with E-state index in [-0.39, 0.29) is 11.9 Å². The summed E-state index contributed by atoms with van der Waals surface area (Å²) in [6.45, 7) is 3.87. The molecule has 1 aliphatic rings. The molecule has 0 aromatic heterocycles. The van der Waals surface area contributed by atoms with Gasteiger partial charge in [-0.2, -0.15) is 0 Å². The quantitative estimate of drug-likeness (QED) is 0.897. The van der Waals surface area contributed by atoms with Gasteiger partial charge in [0.05, 0.1) is 6.04 Å². The normalized spacial score (nSPS) is 20.3. The minimum atomic E-state index is -0.105. The van der Waals surface area contributed by atoms with Gasteiger partial charge in [0.1, 0.15) is 0 Å². The molecule has 3 nitrogen and oxygen atoms in total. The minimum absolute atomic E-state index is 0.0761. The molecule has 1 aromatic carbocycles. The van der Waals surface area contributed by atoms with Crippen molar-refractivity contribution in [3.63, 3.8) is 0 Å². The van der Waals surface area contributed by atoms with Crippen LogP contribution in [0.4, 0.5) is 0 Å². The van der Waals surface area contributed by atoms with Gasteiger partial charge >= 0.3 is 0 Å². The van der Waals surface area contributed by atoms with Crippen LogP contribution < -0.4 is 10.6 Å². The molecular formula is C14H18Cl2N2O. The molecule has 5 heteroatoms. The molecule has 1 amide bonds. The van der Waals surface area contributed by atoms with Crippen molar-refractivity contribution < 1.29 is 4.79 Å². The maximum Gasteiger partial charge on any atom is 0.220 e. The van der Waals surface area contributed by atoms with Crippen LogP contribution in [-0.2, 0) is 4.79 Å².